The number of carbonyl (C=O) groups is 1. The van der Waals surface area contributed by atoms with Crippen molar-refractivity contribution in [3.8, 4) is 0 Å². The van der Waals surface area contributed by atoms with Crippen LogP contribution < -0.4 is 5.32 Å². The van der Waals surface area contributed by atoms with Gasteiger partial charge in [0.25, 0.3) is 0 Å². The summed E-state index contributed by atoms with van der Waals surface area (Å²) in [6.07, 6.45) is 6.64. The Morgan fingerprint density at radius 3 is 2.56 bits per heavy atom. The molecule has 4 N–H and O–H groups in total. The highest BCUT2D eigenvalue weighted by molar-refractivity contribution is 7.99. The standard InChI is InChI=1S/C32H48ClNO4S/c1-19(4-11-29(38)34-14-15-39-23-7-5-21(33)6-8-23)24-9-10-25-30-26(18-28(37)32(24,25)3)31(2)13-12-22(35)16-20(31)17-27(30)36/h5-8,19-20,22,24-28,30,35-37H,4,9-18H2,1-3H3,(H,34,38)/t19-,20+,22-,24-,25+,26+,27-,28+,30+,31+,32-/m1/s1. The predicted octanol–water partition coefficient (Wildman–Crippen LogP) is 5.93. The molecule has 1 aromatic rings. The third-order valence-corrected chi connectivity index (χ3v) is 13.1. The van der Waals surface area contributed by atoms with E-state index in [0.29, 0.717) is 42.6 Å². The van der Waals surface area contributed by atoms with Crippen LogP contribution in [0.15, 0.2) is 29.2 Å². The van der Waals surface area contributed by atoms with Crippen LogP contribution in [0.3, 0.4) is 0 Å². The zero-order chi connectivity index (χ0) is 27.9. The molecule has 7 heteroatoms. The Kier molecular flexibility index (Phi) is 9.01. The van der Waals surface area contributed by atoms with Crippen LogP contribution in [-0.4, -0.2) is 51.8 Å². The number of aliphatic hydroxyl groups is 3. The lowest BCUT2D eigenvalue weighted by Gasteiger charge is -2.63. The van der Waals surface area contributed by atoms with Gasteiger partial charge in [0.15, 0.2) is 0 Å². The largest absolute Gasteiger partial charge is 0.393 e. The van der Waals surface area contributed by atoms with Crippen LogP contribution in [0.5, 0.6) is 0 Å². The van der Waals surface area contributed by atoms with Gasteiger partial charge in [-0.1, -0.05) is 32.4 Å². The topological polar surface area (TPSA) is 89.8 Å². The van der Waals surface area contributed by atoms with Crippen LogP contribution in [0, 0.1) is 46.3 Å². The molecular formula is C32H48ClNO4S. The zero-order valence-electron chi connectivity index (χ0n) is 23.8. The van der Waals surface area contributed by atoms with Crippen molar-refractivity contribution < 1.29 is 20.1 Å². The molecule has 5 nitrogen and oxygen atoms in total. The molecule has 0 saturated heterocycles. The van der Waals surface area contributed by atoms with E-state index in [4.69, 9.17) is 11.6 Å². The van der Waals surface area contributed by atoms with Crippen molar-refractivity contribution in [2.75, 3.05) is 12.3 Å². The predicted molar refractivity (Wildman–Crippen MR) is 158 cm³/mol. The maximum Gasteiger partial charge on any atom is 0.220 e. The monoisotopic (exact) mass is 577 g/mol. The Hall–Kier alpha value is -0.790. The molecule has 218 valence electrons. The van der Waals surface area contributed by atoms with Gasteiger partial charge in [-0.25, -0.2) is 0 Å². The fourth-order valence-electron chi connectivity index (χ4n) is 9.67. The van der Waals surface area contributed by atoms with E-state index < -0.39 is 0 Å². The van der Waals surface area contributed by atoms with E-state index in [1.165, 1.54) is 0 Å². The number of halogens is 1. The molecule has 0 radical (unpaired) electrons. The number of carbonyl (C=O) groups excluding carboxylic acids is 1. The van der Waals surface area contributed by atoms with Gasteiger partial charge in [-0.05, 0) is 122 Å². The van der Waals surface area contributed by atoms with Gasteiger partial charge in [-0.15, -0.1) is 11.8 Å². The smallest absolute Gasteiger partial charge is 0.220 e. The van der Waals surface area contributed by atoms with Crippen molar-refractivity contribution in [2.24, 2.45) is 46.3 Å². The summed E-state index contributed by atoms with van der Waals surface area (Å²) in [5, 5.41) is 37.3. The number of nitrogens with one attached hydrogen (secondary N) is 1. The summed E-state index contributed by atoms with van der Waals surface area (Å²) in [5.74, 6) is 2.83. The van der Waals surface area contributed by atoms with Crippen molar-refractivity contribution in [1.82, 2.24) is 5.32 Å². The van der Waals surface area contributed by atoms with E-state index in [-0.39, 0.29) is 41.0 Å². The van der Waals surface area contributed by atoms with Gasteiger partial charge >= 0.3 is 0 Å². The third-order valence-electron chi connectivity index (χ3n) is 11.9. The number of fused-ring (bicyclic) bond motifs is 5. The first-order valence-corrected chi connectivity index (χ1v) is 16.6. The van der Waals surface area contributed by atoms with Crippen LogP contribution >= 0.6 is 23.4 Å². The summed E-state index contributed by atoms with van der Waals surface area (Å²) in [6.45, 7) is 7.56. The molecule has 4 aliphatic carbocycles. The Labute approximate surface area is 243 Å². The van der Waals surface area contributed by atoms with Crippen LogP contribution in [0.25, 0.3) is 0 Å². The molecule has 0 spiro atoms. The second-order valence-corrected chi connectivity index (χ2v) is 15.3. The minimum atomic E-state index is -0.382. The van der Waals surface area contributed by atoms with Gasteiger partial charge in [0.2, 0.25) is 5.91 Å². The van der Waals surface area contributed by atoms with Crippen LogP contribution in [0.2, 0.25) is 5.02 Å². The molecular weight excluding hydrogens is 530 g/mol. The molecule has 4 saturated carbocycles. The number of thioether (sulfide) groups is 1. The van der Waals surface area contributed by atoms with E-state index in [9.17, 15) is 20.1 Å². The highest BCUT2D eigenvalue weighted by atomic mass is 35.5. The molecule has 5 rings (SSSR count). The quantitative estimate of drug-likeness (QED) is 0.227. The highest BCUT2D eigenvalue weighted by Crippen LogP contribution is 2.68. The van der Waals surface area contributed by atoms with E-state index >= 15 is 0 Å². The first-order valence-electron chi connectivity index (χ1n) is 15.2. The van der Waals surface area contributed by atoms with Crippen molar-refractivity contribution in [3.63, 3.8) is 0 Å². The van der Waals surface area contributed by atoms with Gasteiger partial charge in [-0.3, -0.25) is 4.79 Å². The molecule has 0 aliphatic heterocycles. The summed E-state index contributed by atoms with van der Waals surface area (Å²) in [7, 11) is 0. The summed E-state index contributed by atoms with van der Waals surface area (Å²) < 4.78 is 0. The Morgan fingerprint density at radius 1 is 1.08 bits per heavy atom. The lowest BCUT2D eigenvalue weighted by molar-refractivity contribution is -0.207. The van der Waals surface area contributed by atoms with Gasteiger partial charge < -0.3 is 20.6 Å². The number of amides is 1. The van der Waals surface area contributed by atoms with Crippen LogP contribution in [0.1, 0.15) is 78.6 Å². The average molecular weight is 578 g/mol. The van der Waals surface area contributed by atoms with E-state index in [0.717, 1.165) is 67.0 Å². The fourth-order valence-corrected chi connectivity index (χ4v) is 10.6. The maximum absolute atomic E-state index is 12.6. The van der Waals surface area contributed by atoms with Gasteiger partial charge in [0, 0.05) is 28.6 Å². The Morgan fingerprint density at radius 2 is 1.82 bits per heavy atom. The van der Waals surface area contributed by atoms with E-state index in [2.05, 4.69) is 26.1 Å². The molecule has 0 aromatic heterocycles. The maximum atomic E-state index is 12.6. The second kappa shape index (κ2) is 11.8. The third kappa shape index (κ3) is 5.67. The van der Waals surface area contributed by atoms with Gasteiger partial charge in [0.05, 0.1) is 18.3 Å². The molecule has 0 bridgehead atoms. The minimum absolute atomic E-state index is 0.0963. The lowest BCUT2D eigenvalue weighted by atomic mass is 9.43. The number of benzene rings is 1. The molecule has 1 amide bonds. The number of rotatable bonds is 8. The van der Waals surface area contributed by atoms with Crippen LogP contribution in [-0.2, 0) is 4.79 Å². The highest BCUT2D eigenvalue weighted by Gasteiger charge is 2.65. The molecule has 0 unspecified atom stereocenters. The summed E-state index contributed by atoms with van der Waals surface area (Å²) >= 11 is 7.66. The van der Waals surface area contributed by atoms with Crippen molar-refractivity contribution in [1.29, 1.82) is 0 Å². The van der Waals surface area contributed by atoms with Crippen LogP contribution in [0.4, 0.5) is 0 Å². The average Bonchev–Trinajstić information content (AvgIpc) is 3.26. The molecule has 39 heavy (non-hydrogen) atoms. The zero-order valence-corrected chi connectivity index (χ0v) is 25.4. The fraction of sp³-hybridized carbons (Fsp3) is 0.781. The Balaban J connectivity index is 1.16. The van der Waals surface area contributed by atoms with Crippen molar-refractivity contribution in [3.05, 3.63) is 29.3 Å². The van der Waals surface area contributed by atoms with Crippen molar-refractivity contribution in [2.45, 2.75) is 102 Å². The SMILES string of the molecule is C[C@H](CCC(=O)NCCSc1ccc(Cl)cc1)[C@H]1CC[C@H]2[C@@H]3[C@H](O)C[C@@H]4C[C@H](O)CC[C@]4(C)[C@H]3C[C@H](O)[C@]12C. The summed E-state index contributed by atoms with van der Waals surface area (Å²) in [5.41, 5.74) is -0.121. The lowest BCUT2D eigenvalue weighted by Crippen LogP contribution is -2.62. The van der Waals surface area contributed by atoms with E-state index in [1.807, 2.05) is 24.3 Å². The normalized spacial score (nSPS) is 42.2. The molecule has 0 heterocycles. The second-order valence-electron chi connectivity index (χ2n) is 13.7. The Bertz CT molecular complexity index is 1010. The minimum Gasteiger partial charge on any atom is -0.393 e. The van der Waals surface area contributed by atoms with E-state index in [1.54, 1.807) is 11.8 Å². The molecule has 4 fully saturated rings. The molecule has 4 aliphatic rings. The number of hydrogen-bond donors (Lipinski definition) is 4. The van der Waals surface area contributed by atoms with Crippen molar-refractivity contribution >= 4 is 29.3 Å². The van der Waals surface area contributed by atoms with Gasteiger partial charge in [-0.2, -0.15) is 0 Å². The summed E-state index contributed by atoms with van der Waals surface area (Å²) in [6, 6.07) is 7.76. The first kappa shape index (κ1) is 29.7. The first-order chi connectivity index (χ1) is 18.5. The van der Waals surface area contributed by atoms with Gasteiger partial charge in [0.1, 0.15) is 0 Å². The summed E-state index contributed by atoms with van der Waals surface area (Å²) in [4.78, 5) is 13.8. The number of aliphatic hydroxyl groups excluding tert-OH is 3. The number of hydrogen-bond acceptors (Lipinski definition) is 5. The molecule has 1 aromatic carbocycles. The molecule has 11 atom stereocenters.